The number of aromatic nitrogens is 3. The second-order valence-corrected chi connectivity index (χ2v) is 7.00. The number of rotatable bonds is 4. The summed E-state index contributed by atoms with van der Waals surface area (Å²) in [7, 11) is 0. The van der Waals surface area contributed by atoms with Gasteiger partial charge in [-0.15, -0.1) is 11.3 Å². The topological polar surface area (TPSA) is 67.8 Å². The van der Waals surface area contributed by atoms with Gasteiger partial charge < -0.3 is 0 Å². The lowest BCUT2D eigenvalue weighted by molar-refractivity contribution is 0.102. The molecule has 0 saturated carbocycles. The molecule has 0 bridgehead atoms. The van der Waals surface area contributed by atoms with Crippen molar-refractivity contribution < 1.29 is 4.79 Å². The maximum absolute atomic E-state index is 12.2. The van der Waals surface area contributed by atoms with Crippen LogP contribution in [0, 0.1) is 0 Å². The first-order valence-corrected chi connectivity index (χ1v) is 9.44. The van der Waals surface area contributed by atoms with E-state index in [0.717, 1.165) is 15.7 Å². The van der Waals surface area contributed by atoms with Crippen LogP contribution in [-0.4, -0.2) is 27.1 Å². The van der Waals surface area contributed by atoms with Gasteiger partial charge in [-0.3, -0.25) is 10.1 Å². The van der Waals surface area contributed by atoms with E-state index < -0.39 is 0 Å². The zero-order chi connectivity index (χ0) is 16.2. The quantitative estimate of drug-likeness (QED) is 0.515. The third-order valence-electron chi connectivity index (χ3n) is 2.94. The number of hydrogen-bond donors (Lipinski definition) is 1. The third-order valence-corrected chi connectivity index (χ3v) is 4.80. The molecule has 0 saturated heterocycles. The van der Waals surface area contributed by atoms with Crippen LogP contribution in [0.5, 0.6) is 0 Å². The Kier molecular flexibility index (Phi) is 5.04. The van der Waals surface area contributed by atoms with Gasteiger partial charge in [0.2, 0.25) is 0 Å². The first kappa shape index (κ1) is 16.1. The van der Waals surface area contributed by atoms with Crippen LogP contribution in [-0.2, 0) is 0 Å². The lowest BCUT2D eigenvalue weighted by Crippen LogP contribution is -2.12. The van der Waals surface area contributed by atoms with Gasteiger partial charge >= 0.3 is 0 Å². The van der Waals surface area contributed by atoms with Gasteiger partial charge in [-0.2, -0.15) is 0 Å². The molecule has 3 rings (SSSR count). The summed E-state index contributed by atoms with van der Waals surface area (Å²) >= 11 is 6.21. The number of nitrogens with zero attached hydrogens (tertiary/aromatic N) is 3. The van der Waals surface area contributed by atoms with Crippen LogP contribution in [0.15, 0.2) is 51.7 Å². The van der Waals surface area contributed by atoms with E-state index >= 15 is 0 Å². The normalized spacial score (nSPS) is 10.5. The number of anilines is 1. The van der Waals surface area contributed by atoms with Gasteiger partial charge in [0.25, 0.3) is 5.91 Å². The standard InChI is InChI=1S/C15H11BrN4OS2/c1-22-14-17-6-10(7-18-14)13(21)20-15-19-12(8-23-15)9-2-4-11(16)5-3-9/h2-8H,1H3,(H,19,20,21). The molecule has 0 unspecified atom stereocenters. The highest BCUT2D eigenvalue weighted by molar-refractivity contribution is 9.10. The predicted octanol–water partition coefficient (Wildman–Crippen LogP) is 4.34. The molecule has 0 aliphatic rings. The number of benzene rings is 1. The number of halogens is 1. The lowest BCUT2D eigenvalue weighted by atomic mass is 10.2. The molecule has 5 nitrogen and oxygen atoms in total. The molecule has 0 aliphatic heterocycles. The van der Waals surface area contributed by atoms with Crippen molar-refractivity contribution in [1.29, 1.82) is 0 Å². The monoisotopic (exact) mass is 406 g/mol. The Morgan fingerprint density at radius 1 is 1.22 bits per heavy atom. The Labute approximate surface area is 149 Å². The Hall–Kier alpha value is -1.77. The lowest BCUT2D eigenvalue weighted by Gasteiger charge is -2.01. The van der Waals surface area contributed by atoms with Crippen LogP contribution in [0.4, 0.5) is 5.13 Å². The van der Waals surface area contributed by atoms with E-state index in [-0.39, 0.29) is 5.91 Å². The molecule has 0 fully saturated rings. The van der Waals surface area contributed by atoms with Crippen LogP contribution in [0.25, 0.3) is 11.3 Å². The van der Waals surface area contributed by atoms with Crippen molar-refractivity contribution in [2.45, 2.75) is 5.16 Å². The third kappa shape index (κ3) is 3.95. The first-order chi connectivity index (χ1) is 11.2. The Morgan fingerprint density at radius 3 is 2.57 bits per heavy atom. The Morgan fingerprint density at radius 2 is 1.91 bits per heavy atom. The Balaban J connectivity index is 1.73. The Bertz CT molecular complexity index is 818. The summed E-state index contributed by atoms with van der Waals surface area (Å²) in [6.45, 7) is 0. The van der Waals surface area contributed by atoms with Gasteiger partial charge in [0.1, 0.15) is 0 Å². The molecule has 1 aromatic carbocycles. The SMILES string of the molecule is CSc1ncc(C(=O)Nc2nc(-c3ccc(Br)cc3)cs2)cn1. The van der Waals surface area contributed by atoms with E-state index in [2.05, 4.69) is 36.2 Å². The molecular formula is C15H11BrN4OS2. The van der Waals surface area contributed by atoms with E-state index in [1.54, 1.807) is 0 Å². The van der Waals surface area contributed by atoms with E-state index in [1.165, 1.54) is 35.5 Å². The number of carbonyl (C=O) groups excluding carboxylic acids is 1. The van der Waals surface area contributed by atoms with Crippen molar-refractivity contribution in [3.8, 4) is 11.3 Å². The number of carbonyl (C=O) groups is 1. The van der Waals surface area contributed by atoms with Crippen LogP contribution in [0.1, 0.15) is 10.4 Å². The number of thiazole rings is 1. The van der Waals surface area contributed by atoms with Crippen LogP contribution in [0.3, 0.4) is 0 Å². The van der Waals surface area contributed by atoms with Gasteiger partial charge in [-0.25, -0.2) is 15.0 Å². The average molecular weight is 407 g/mol. The second kappa shape index (κ2) is 7.20. The minimum Gasteiger partial charge on any atom is -0.298 e. The molecule has 0 spiro atoms. The zero-order valence-electron chi connectivity index (χ0n) is 12.0. The minimum atomic E-state index is -0.269. The van der Waals surface area contributed by atoms with Crippen LogP contribution >= 0.6 is 39.0 Å². The summed E-state index contributed by atoms with van der Waals surface area (Å²) in [6.07, 6.45) is 4.91. The number of hydrogen-bond acceptors (Lipinski definition) is 6. The fourth-order valence-electron chi connectivity index (χ4n) is 1.79. The molecule has 1 amide bonds. The van der Waals surface area contributed by atoms with Crippen molar-refractivity contribution in [2.75, 3.05) is 11.6 Å². The summed E-state index contributed by atoms with van der Waals surface area (Å²) in [5, 5.41) is 5.85. The van der Waals surface area contributed by atoms with Crippen molar-refractivity contribution in [3.05, 3.63) is 52.1 Å². The maximum Gasteiger partial charge on any atom is 0.260 e. The van der Waals surface area contributed by atoms with E-state index in [1.807, 2.05) is 35.9 Å². The second-order valence-electron chi connectivity index (χ2n) is 4.46. The van der Waals surface area contributed by atoms with Crippen LogP contribution in [0.2, 0.25) is 0 Å². The molecular weight excluding hydrogens is 396 g/mol. The zero-order valence-corrected chi connectivity index (χ0v) is 15.2. The fraction of sp³-hybridized carbons (Fsp3) is 0.0667. The van der Waals surface area contributed by atoms with Gasteiger partial charge in [0.05, 0.1) is 11.3 Å². The summed E-state index contributed by atoms with van der Waals surface area (Å²) < 4.78 is 1.01. The largest absolute Gasteiger partial charge is 0.298 e. The molecule has 0 radical (unpaired) electrons. The van der Waals surface area contributed by atoms with Crippen LogP contribution < -0.4 is 5.32 Å². The molecule has 2 aromatic heterocycles. The van der Waals surface area contributed by atoms with Gasteiger partial charge in [0, 0.05) is 27.8 Å². The van der Waals surface area contributed by atoms with Gasteiger partial charge in [-0.1, -0.05) is 39.8 Å². The molecule has 116 valence electrons. The molecule has 8 heteroatoms. The van der Waals surface area contributed by atoms with Crippen molar-refractivity contribution in [3.63, 3.8) is 0 Å². The average Bonchev–Trinajstić information content (AvgIpc) is 3.04. The van der Waals surface area contributed by atoms with E-state index in [9.17, 15) is 4.79 Å². The highest BCUT2D eigenvalue weighted by atomic mass is 79.9. The molecule has 2 heterocycles. The molecule has 23 heavy (non-hydrogen) atoms. The summed E-state index contributed by atoms with van der Waals surface area (Å²) in [4.78, 5) is 24.8. The van der Waals surface area contributed by atoms with Crippen molar-refractivity contribution in [2.24, 2.45) is 0 Å². The molecule has 0 aliphatic carbocycles. The maximum atomic E-state index is 12.2. The number of thioether (sulfide) groups is 1. The molecule has 1 N–H and O–H groups in total. The summed E-state index contributed by atoms with van der Waals surface area (Å²) in [6, 6.07) is 7.86. The highest BCUT2D eigenvalue weighted by Crippen LogP contribution is 2.26. The predicted molar refractivity (Wildman–Crippen MR) is 97.0 cm³/mol. The van der Waals surface area contributed by atoms with E-state index in [4.69, 9.17) is 0 Å². The number of nitrogens with one attached hydrogen (secondary N) is 1. The highest BCUT2D eigenvalue weighted by Gasteiger charge is 2.11. The van der Waals surface area contributed by atoms with E-state index in [0.29, 0.717) is 15.9 Å². The minimum absolute atomic E-state index is 0.269. The summed E-state index contributed by atoms with van der Waals surface area (Å²) in [5.41, 5.74) is 2.23. The van der Waals surface area contributed by atoms with Gasteiger partial charge in [0.15, 0.2) is 10.3 Å². The summed E-state index contributed by atoms with van der Waals surface area (Å²) in [5.74, 6) is -0.269. The fourth-order valence-corrected chi connectivity index (χ4v) is 3.09. The van der Waals surface area contributed by atoms with Gasteiger partial charge in [-0.05, 0) is 18.4 Å². The molecule has 0 atom stereocenters. The van der Waals surface area contributed by atoms with Crippen molar-refractivity contribution >= 4 is 50.1 Å². The first-order valence-electron chi connectivity index (χ1n) is 6.54. The smallest absolute Gasteiger partial charge is 0.260 e. The molecule has 3 aromatic rings. The van der Waals surface area contributed by atoms with Crippen molar-refractivity contribution in [1.82, 2.24) is 15.0 Å². The number of amides is 1.